The van der Waals surface area contributed by atoms with Gasteiger partial charge >= 0.3 is 0 Å². The van der Waals surface area contributed by atoms with Crippen LogP contribution < -0.4 is 4.90 Å². The van der Waals surface area contributed by atoms with Crippen molar-refractivity contribution in [3.05, 3.63) is 71.5 Å². The zero-order chi connectivity index (χ0) is 21.2. The third kappa shape index (κ3) is 4.20. The summed E-state index contributed by atoms with van der Waals surface area (Å²) in [6, 6.07) is 16.0. The van der Waals surface area contributed by atoms with Gasteiger partial charge in [-0.25, -0.2) is 4.39 Å². The minimum absolute atomic E-state index is 0.0766. The van der Waals surface area contributed by atoms with Crippen molar-refractivity contribution < 1.29 is 13.7 Å². The van der Waals surface area contributed by atoms with Gasteiger partial charge < -0.3 is 14.3 Å². The van der Waals surface area contributed by atoms with Crippen molar-refractivity contribution >= 4 is 11.8 Å². The highest BCUT2D eigenvalue weighted by Gasteiger charge is 2.36. The molecule has 0 radical (unpaired) electrons. The van der Waals surface area contributed by atoms with E-state index in [0.717, 1.165) is 61.5 Å². The molecule has 1 aromatic heterocycles. The Labute approximate surface area is 181 Å². The van der Waals surface area contributed by atoms with Crippen molar-refractivity contribution in [3.63, 3.8) is 0 Å². The quantitative estimate of drug-likeness (QED) is 0.546. The topological polar surface area (TPSA) is 49.6 Å². The van der Waals surface area contributed by atoms with E-state index in [1.807, 2.05) is 35.2 Å². The van der Waals surface area contributed by atoms with Crippen molar-refractivity contribution in [3.8, 4) is 11.3 Å². The number of hydrogen-bond donors (Lipinski definition) is 0. The number of benzene rings is 2. The fraction of sp³-hybridized carbons (Fsp3) is 0.360. The number of carbonyl (C=O) groups is 1. The first-order valence-corrected chi connectivity index (χ1v) is 11.1. The fourth-order valence-corrected chi connectivity index (χ4v) is 4.29. The maximum absolute atomic E-state index is 13.4. The first-order valence-electron chi connectivity index (χ1n) is 11.1. The zero-order valence-electron chi connectivity index (χ0n) is 17.5. The lowest BCUT2D eigenvalue weighted by Crippen LogP contribution is -2.34. The summed E-state index contributed by atoms with van der Waals surface area (Å²) in [4.78, 5) is 17.5. The molecule has 0 N–H and O–H groups in total. The summed E-state index contributed by atoms with van der Waals surface area (Å²) in [7, 11) is 0. The highest BCUT2D eigenvalue weighted by atomic mass is 19.1. The van der Waals surface area contributed by atoms with E-state index in [9.17, 15) is 9.18 Å². The molecule has 5 nitrogen and oxygen atoms in total. The Hall–Kier alpha value is -3.15. The third-order valence-electron chi connectivity index (χ3n) is 6.13. The van der Waals surface area contributed by atoms with Crippen LogP contribution in [-0.2, 0) is 6.54 Å². The molecule has 2 aliphatic rings. The van der Waals surface area contributed by atoms with Gasteiger partial charge in [-0.15, -0.1) is 0 Å². The van der Waals surface area contributed by atoms with Crippen LogP contribution in [0.25, 0.3) is 11.3 Å². The molecule has 160 valence electrons. The second kappa shape index (κ2) is 8.53. The number of halogens is 1. The molecule has 1 amide bonds. The number of amides is 1. The van der Waals surface area contributed by atoms with Gasteiger partial charge in [0.25, 0.3) is 5.91 Å². The summed E-state index contributed by atoms with van der Waals surface area (Å²) in [5.74, 6) is 0.357. The van der Waals surface area contributed by atoms with E-state index in [4.69, 9.17) is 4.52 Å². The van der Waals surface area contributed by atoms with Gasteiger partial charge in [0, 0.05) is 30.3 Å². The smallest absolute Gasteiger partial charge is 0.254 e. The van der Waals surface area contributed by atoms with Gasteiger partial charge in [-0.2, -0.15) is 0 Å². The third-order valence-corrected chi connectivity index (χ3v) is 6.13. The normalized spacial score (nSPS) is 16.4. The van der Waals surface area contributed by atoms with Crippen molar-refractivity contribution in [1.82, 2.24) is 10.1 Å². The molecule has 0 bridgehead atoms. The van der Waals surface area contributed by atoms with E-state index in [1.165, 1.54) is 18.6 Å². The molecule has 0 spiro atoms. The summed E-state index contributed by atoms with van der Waals surface area (Å²) >= 11 is 0. The van der Waals surface area contributed by atoms with Crippen molar-refractivity contribution in [2.75, 3.05) is 18.0 Å². The van der Waals surface area contributed by atoms with Crippen LogP contribution >= 0.6 is 0 Å². The number of rotatable bonds is 6. The van der Waals surface area contributed by atoms with E-state index in [2.05, 4.69) is 10.1 Å². The molecular formula is C25H26FN3O2. The van der Waals surface area contributed by atoms with Gasteiger partial charge in [0.1, 0.15) is 11.5 Å². The van der Waals surface area contributed by atoms with Crippen LogP contribution in [0.15, 0.2) is 59.1 Å². The van der Waals surface area contributed by atoms with Crippen LogP contribution in [0.4, 0.5) is 10.3 Å². The average Bonchev–Trinajstić information content (AvgIpc) is 3.57. The molecule has 2 fully saturated rings. The first-order chi connectivity index (χ1) is 15.2. The number of hydrogen-bond acceptors (Lipinski definition) is 4. The summed E-state index contributed by atoms with van der Waals surface area (Å²) < 4.78 is 19.3. The summed E-state index contributed by atoms with van der Waals surface area (Å²) in [6.07, 6.45) is 5.45. The summed E-state index contributed by atoms with van der Waals surface area (Å²) in [5, 5.41) is 4.43. The lowest BCUT2D eigenvalue weighted by atomic mass is 10.0. The van der Waals surface area contributed by atoms with Gasteiger partial charge in [0.2, 0.25) is 5.88 Å². The van der Waals surface area contributed by atoms with Gasteiger partial charge in [-0.1, -0.05) is 35.5 Å². The van der Waals surface area contributed by atoms with Crippen LogP contribution in [0, 0.1) is 5.82 Å². The molecule has 0 unspecified atom stereocenters. The van der Waals surface area contributed by atoms with Crippen LogP contribution in [0.1, 0.15) is 48.0 Å². The van der Waals surface area contributed by atoms with E-state index < -0.39 is 0 Å². The standard InChI is InChI=1S/C25H26FN3O2/c26-20-11-9-19(10-12-20)24(30)29(21-13-14-21)17-22-23(18-7-3-1-4-8-18)27-31-25(22)28-15-5-2-6-16-28/h1,3-4,7-12,21H,2,5-6,13-17H2. The minimum Gasteiger partial charge on any atom is -0.340 e. The molecule has 1 saturated carbocycles. The average molecular weight is 420 g/mol. The van der Waals surface area contributed by atoms with E-state index in [1.54, 1.807) is 12.1 Å². The number of carbonyl (C=O) groups excluding carboxylic acids is 1. The highest BCUT2D eigenvalue weighted by molar-refractivity contribution is 5.94. The lowest BCUT2D eigenvalue weighted by molar-refractivity contribution is 0.0730. The molecule has 3 aromatic rings. The molecule has 2 heterocycles. The monoisotopic (exact) mass is 419 g/mol. The second-order valence-corrected chi connectivity index (χ2v) is 8.40. The number of piperidine rings is 1. The number of anilines is 1. The van der Waals surface area contributed by atoms with Gasteiger partial charge in [0.05, 0.1) is 12.1 Å². The van der Waals surface area contributed by atoms with Gasteiger partial charge in [-0.05, 0) is 56.4 Å². The number of aromatic nitrogens is 1. The Morgan fingerprint density at radius 3 is 2.42 bits per heavy atom. The predicted octanol–water partition coefficient (Wildman–Crippen LogP) is 5.28. The Kier molecular flexibility index (Phi) is 5.45. The SMILES string of the molecule is O=C(c1ccc(F)cc1)N(Cc1c(-c2ccccc2)noc1N1CCCCC1)C1CC1. The molecule has 1 aliphatic carbocycles. The van der Waals surface area contributed by atoms with Crippen molar-refractivity contribution in [2.24, 2.45) is 0 Å². The van der Waals surface area contributed by atoms with E-state index in [-0.39, 0.29) is 17.8 Å². The Balaban J connectivity index is 1.51. The Morgan fingerprint density at radius 2 is 1.74 bits per heavy atom. The highest BCUT2D eigenvalue weighted by Crippen LogP contribution is 2.37. The van der Waals surface area contributed by atoms with Gasteiger partial charge in [0.15, 0.2) is 0 Å². The van der Waals surface area contributed by atoms with Crippen LogP contribution in [-0.4, -0.2) is 35.1 Å². The molecule has 31 heavy (non-hydrogen) atoms. The van der Waals surface area contributed by atoms with Crippen molar-refractivity contribution in [1.29, 1.82) is 0 Å². The van der Waals surface area contributed by atoms with Crippen molar-refractivity contribution in [2.45, 2.75) is 44.7 Å². The molecule has 1 saturated heterocycles. The summed E-state index contributed by atoms with van der Waals surface area (Å²) in [5.41, 5.74) is 3.23. The van der Waals surface area contributed by atoms with Crippen LogP contribution in [0.5, 0.6) is 0 Å². The molecule has 5 rings (SSSR count). The second-order valence-electron chi connectivity index (χ2n) is 8.40. The van der Waals surface area contributed by atoms with Crippen LogP contribution in [0.3, 0.4) is 0 Å². The maximum atomic E-state index is 13.4. The fourth-order valence-electron chi connectivity index (χ4n) is 4.29. The van der Waals surface area contributed by atoms with E-state index in [0.29, 0.717) is 12.1 Å². The minimum atomic E-state index is -0.340. The molecule has 1 aliphatic heterocycles. The summed E-state index contributed by atoms with van der Waals surface area (Å²) in [6.45, 7) is 2.30. The number of nitrogens with zero attached hydrogens (tertiary/aromatic N) is 3. The predicted molar refractivity (Wildman–Crippen MR) is 117 cm³/mol. The molecule has 2 aromatic carbocycles. The van der Waals surface area contributed by atoms with Gasteiger partial charge in [-0.3, -0.25) is 4.79 Å². The van der Waals surface area contributed by atoms with Crippen LogP contribution in [0.2, 0.25) is 0 Å². The maximum Gasteiger partial charge on any atom is 0.254 e. The Bertz CT molecular complexity index is 1040. The Morgan fingerprint density at radius 1 is 1.03 bits per heavy atom. The largest absolute Gasteiger partial charge is 0.340 e. The zero-order valence-corrected chi connectivity index (χ0v) is 17.5. The lowest BCUT2D eigenvalue weighted by Gasteiger charge is -2.28. The van der Waals surface area contributed by atoms with E-state index >= 15 is 0 Å². The molecule has 0 atom stereocenters. The molecular weight excluding hydrogens is 393 g/mol. The molecule has 6 heteroatoms. The first kappa shape index (κ1) is 19.8.